The van der Waals surface area contributed by atoms with E-state index in [-0.39, 0.29) is 5.41 Å². The molecule has 96 valence electrons. The van der Waals surface area contributed by atoms with Crippen LogP contribution >= 0.6 is 0 Å². The highest BCUT2D eigenvalue weighted by Crippen LogP contribution is 2.24. The monoisotopic (exact) mass is 245 g/mol. The van der Waals surface area contributed by atoms with Crippen LogP contribution in [0.25, 0.3) is 11.5 Å². The topological polar surface area (TPSA) is 43.3 Å². The molecular weight excluding hydrogens is 226 g/mol. The van der Waals surface area contributed by atoms with E-state index < -0.39 is 0 Å². The maximum Gasteiger partial charge on any atom is 0.314 e. The first-order chi connectivity index (χ1) is 8.41. The zero-order chi connectivity index (χ0) is 13.3. The molecule has 0 unspecified atom stereocenters. The molecule has 1 heterocycles. The normalized spacial score (nSPS) is 13.1. The lowest BCUT2D eigenvalue weighted by atomic mass is 9.87. The predicted octanol–water partition coefficient (Wildman–Crippen LogP) is 2.51. The summed E-state index contributed by atoms with van der Waals surface area (Å²) in [6, 6.07) is 8.29. The number of benzene rings is 1. The van der Waals surface area contributed by atoms with Crippen molar-refractivity contribution in [3.8, 4) is 11.5 Å². The fourth-order valence-electron chi connectivity index (χ4n) is 1.77. The second-order valence-corrected chi connectivity index (χ2v) is 5.36. The van der Waals surface area contributed by atoms with Gasteiger partial charge < -0.3 is 4.42 Å². The molecule has 0 saturated heterocycles. The molecule has 1 aromatic heterocycles. The molecule has 0 aliphatic carbocycles. The van der Waals surface area contributed by atoms with E-state index in [1.807, 2.05) is 19.2 Å². The molecule has 0 bridgehead atoms. The van der Waals surface area contributed by atoms with E-state index in [0.29, 0.717) is 11.6 Å². The summed E-state index contributed by atoms with van der Waals surface area (Å²) < 4.78 is 7.19. The molecule has 18 heavy (non-hydrogen) atoms. The Kier molecular flexibility index (Phi) is 3.11. The van der Waals surface area contributed by atoms with Crippen LogP contribution in [-0.2, 0) is 12.5 Å². The minimum atomic E-state index is 0.156. The van der Waals surface area contributed by atoms with Crippen molar-refractivity contribution in [3.63, 3.8) is 0 Å². The number of aryl methyl sites for hydroxylation is 1. The van der Waals surface area contributed by atoms with E-state index in [0.717, 1.165) is 5.56 Å². The van der Waals surface area contributed by atoms with E-state index >= 15 is 0 Å². The average Bonchev–Trinajstić information content (AvgIpc) is 2.69. The molecule has 4 nitrogen and oxygen atoms in total. The van der Waals surface area contributed by atoms with Gasteiger partial charge in [-0.05, 0) is 23.1 Å². The Morgan fingerprint density at radius 2 is 1.78 bits per heavy atom. The van der Waals surface area contributed by atoms with Crippen molar-refractivity contribution in [1.29, 1.82) is 0 Å². The van der Waals surface area contributed by atoms with Crippen molar-refractivity contribution in [2.45, 2.75) is 26.2 Å². The third-order valence-electron chi connectivity index (χ3n) is 2.89. The van der Waals surface area contributed by atoms with E-state index in [1.165, 1.54) is 5.56 Å². The molecule has 4 heteroatoms. The molecule has 0 aliphatic rings. The van der Waals surface area contributed by atoms with Crippen molar-refractivity contribution < 1.29 is 4.42 Å². The molecule has 0 aliphatic heterocycles. The molecule has 0 saturated carbocycles. The van der Waals surface area contributed by atoms with Gasteiger partial charge in [0, 0.05) is 19.7 Å². The number of rotatable bonds is 1. The number of hydrogen-bond donors (Lipinski definition) is 0. The highest BCUT2D eigenvalue weighted by Gasteiger charge is 2.14. The molecule has 2 rings (SSSR count). The summed E-state index contributed by atoms with van der Waals surface area (Å²) >= 11 is 0. The molecule has 0 radical (unpaired) electrons. The standard InChI is InChI=1S/C14H19N3O/c1-14(2,3)11-8-6-10(7-9-11)12-16-17(5)13(15-4)18-12/h6-9H,1-5H3. The van der Waals surface area contributed by atoms with Crippen molar-refractivity contribution >= 4 is 0 Å². The van der Waals surface area contributed by atoms with Crippen LogP contribution in [0, 0.1) is 0 Å². The molecular formula is C14H19N3O. The lowest BCUT2D eigenvalue weighted by Crippen LogP contribution is -2.12. The van der Waals surface area contributed by atoms with Crippen LogP contribution in [0.1, 0.15) is 26.3 Å². The minimum Gasteiger partial charge on any atom is -0.403 e. The molecule has 0 spiro atoms. The first-order valence-electron chi connectivity index (χ1n) is 5.99. The van der Waals surface area contributed by atoms with Crippen molar-refractivity contribution in [3.05, 3.63) is 35.5 Å². The predicted molar refractivity (Wildman–Crippen MR) is 71.1 cm³/mol. The quantitative estimate of drug-likeness (QED) is 0.774. The number of nitrogens with zero attached hydrogens (tertiary/aromatic N) is 3. The first kappa shape index (κ1) is 12.6. The van der Waals surface area contributed by atoms with Gasteiger partial charge in [0.1, 0.15) is 0 Å². The molecule has 1 aromatic carbocycles. The van der Waals surface area contributed by atoms with Crippen LogP contribution in [0.3, 0.4) is 0 Å². The minimum absolute atomic E-state index is 0.156. The van der Waals surface area contributed by atoms with Crippen molar-refractivity contribution in [2.24, 2.45) is 12.0 Å². The van der Waals surface area contributed by atoms with E-state index in [9.17, 15) is 0 Å². The van der Waals surface area contributed by atoms with Crippen LogP contribution < -0.4 is 5.68 Å². The van der Waals surface area contributed by atoms with E-state index in [4.69, 9.17) is 4.42 Å². The molecule has 2 aromatic rings. The van der Waals surface area contributed by atoms with Crippen molar-refractivity contribution in [1.82, 2.24) is 9.78 Å². The highest BCUT2D eigenvalue weighted by molar-refractivity contribution is 5.53. The Labute approximate surface area is 107 Å². The summed E-state index contributed by atoms with van der Waals surface area (Å²) in [6.07, 6.45) is 0. The van der Waals surface area contributed by atoms with Crippen LogP contribution in [0.5, 0.6) is 0 Å². The van der Waals surface area contributed by atoms with Gasteiger partial charge >= 0.3 is 5.68 Å². The van der Waals surface area contributed by atoms with Crippen LogP contribution in [0.2, 0.25) is 0 Å². The van der Waals surface area contributed by atoms with Crippen LogP contribution in [0.4, 0.5) is 0 Å². The van der Waals surface area contributed by atoms with E-state index in [1.54, 1.807) is 11.7 Å². The lowest BCUT2D eigenvalue weighted by Gasteiger charge is -2.18. The second kappa shape index (κ2) is 4.44. The van der Waals surface area contributed by atoms with Crippen molar-refractivity contribution in [2.75, 3.05) is 7.05 Å². The smallest absolute Gasteiger partial charge is 0.314 e. The summed E-state index contributed by atoms with van der Waals surface area (Å²) in [7, 11) is 3.51. The third kappa shape index (κ3) is 2.37. The van der Waals surface area contributed by atoms with Gasteiger partial charge in [-0.25, -0.2) is 9.67 Å². The number of aromatic nitrogens is 2. The summed E-state index contributed by atoms with van der Waals surface area (Å²) in [5.74, 6) is 0.596. The first-order valence-corrected chi connectivity index (χ1v) is 5.99. The number of hydrogen-bond acceptors (Lipinski definition) is 3. The fourth-order valence-corrected chi connectivity index (χ4v) is 1.77. The Bertz CT molecular complexity index is 597. The van der Waals surface area contributed by atoms with Gasteiger partial charge in [0.2, 0.25) is 5.89 Å². The highest BCUT2D eigenvalue weighted by atomic mass is 16.4. The largest absolute Gasteiger partial charge is 0.403 e. The summed E-state index contributed by atoms with van der Waals surface area (Å²) in [4.78, 5) is 4.01. The van der Waals surface area contributed by atoms with Gasteiger partial charge in [0.15, 0.2) is 0 Å². The van der Waals surface area contributed by atoms with Crippen LogP contribution in [0.15, 0.2) is 33.7 Å². The molecule has 0 amide bonds. The van der Waals surface area contributed by atoms with Crippen LogP contribution in [-0.4, -0.2) is 16.8 Å². The molecule has 0 atom stereocenters. The van der Waals surface area contributed by atoms with Gasteiger partial charge in [-0.1, -0.05) is 32.9 Å². The Hall–Kier alpha value is -1.84. The SMILES string of the molecule is CN=c1oc(-c2ccc(C(C)(C)C)cc2)nn1C. The van der Waals surface area contributed by atoms with E-state index in [2.05, 4.69) is 43.0 Å². The maximum atomic E-state index is 5.56. The average molecular weight is 245 g/mol. The maximum absolute atomic E-state index is 5.56. The Balaban J connectivity index is 2.40. The third-order valence-corrected chi connectivity index (χ3v) is 2.89. The summed E-state index contributed by atoms with van der Waals surface area (Å²) in [5, 5.41) is 4.30. The molecule has 0 N–H and O–H groups in total. The zero-order valence-corrected chi connectivity index (χ0v) is 11.6. The second-order valence-electron chi connectivity index (χ2n) is 5.36. The zero-order valence-electron chi connectivity index (χ0n) is 11.6. The van der Waals surface area contributed by atoms with Gasteiger partial charge in [0.25, 0.3) is 0 Å². The Morgan fingerprint density at radius 1 is 1.17 bits per heavy atom. The van der Waals surface area contributed by atoms with Gasteiger partial charge in [-0.2, -0.15) is 0 Å². The van der Waals surface area contributed by atoms with Gasteiger partial charge in [-0.15, -0.1) is 5.10 Å². The van der Waals surface area contributed by atoms with Gasteiger partial charge in [0.05, 0.1) is 0 Å². The van der Waals surface area contributed by atoms with Gasteiger partial charge in [-0.3, -0.25) is 0 Å². The fraction of sp³-hybridized carbons (Fsp3) is 0.429. The summed E-state index contributed by atoms with van der Waals surface area (Å²) in [5.41, 5.74) is 2.94. The lowest BCUT2D eigenvalue weighted by molar-refractivity contribution is 0.484. The summed E-state index contributed by atoms with van der Waals surface area (Å²) in [6.45, 7) is 6.59. The Morgan fingerprint density at radius 3 is 2.22 bits per heavy atom. The molecule has 0 fully saturated rings.